The molecule has 1 unspecified atom stereocenters. The van der Waals surface area contributed by atoms with Gasteiger partial charge in [-0.3, -0.25) is 14.8 Å². The standard InChI is InChI=1S/C10H11NO4/c12-9(11-15)8(10(13)14)6-7-4-2-1-3-5-7/h1-5,8,15H,6H2,(H,11,12)(H,13,14). The highest BCUT2D eigenvalue weighted by Gasteiger charge is 2.25. The maximum atomic E-state index is 11.0. The van der Waals surface area contributed by atoms with Crippen molar-refractivity contribution in [3.05, 3.63) is 35.9 Å². The van der Waals surface area contributed by atoms with E-state index in [2.05, 4.69) is 0 Å². The fraction of sp³-hybridized carbons (Fsp3) is 0.200. The lowest BCUT2D eigenvalue weighted by atomic mass is 9.99. The van der Waals surface area contributed by atoms with Gasteiger partial charge in [-0.05, 0) is 12.0 Å². The largest absolute Gasteiger partial charge is 0.481 e. The average Bonchev–Trinajstić information content (AvgIpc) is 2.26. The second kappa shape index (κ2) is 5.11. The molecule has 80 valence electrons. The van der Waals surface area contributed by atoms with E-state index >= 15 is 0 Å². The molecule has 0 bridgehead atoms. The van der Waals surface area contributed by atoms with Gasteiger partial charge in [0.2, 0.25) is 0 Å². The number of rotatable bonds is 4. The number of hydrogen-bond donors (Lipinski definition) is 3. The summed E-state index contributed by atoms with van der Waals surface area (Å²) in [5, 5.41) is 17.1. The van der Waals surface area contributed by atoms with Gasteiger partial charge in [0, 0.05) is 0 Å². The summed E-state index contributed by atoms with van der Waals surface area (Å²) in [6.07, 6.45) is 0.0581. The van der Waals surface area contributed by atoms with Crippen LogP contribution in [-0.4, -0.2) is 22.2 Å². The van der Waals surface area contributed by atoms with Crippen LogP contribution in [0.4, 0.5) is 0 Å². The van der Waals surface area contributed by atoms with Crippen LogP contribution in [0, 0.1) is 5.92 Å². The van der Waals surface area contributed by atoms with Crippen molar-refractivity contribution < 1.29 is 19.9 Å². The van der Waals surface area contributed by atoms with Gasteiger partial charge in [-0.25, -0.2) is 5.48 Å². The molecule has 1 atom stereocenters. The van der Waals surface area contributed by atoms with E-state index < -0.39 is 17.8 Å². The number of hydroxylamine groups is 1. The van der Waals surface area contributed by atoms with E-state index in [1.54, 1.807) is 30.3 Å². The summed E-state index contributed by atoms with van der Waals surface area (Å²) in [6, 6.07) is 8.75. The zero-order chi connectivity index (χ0) is 11.3. The second-order valence-electron chi connectivity index (χ2n) is 3.06. The Morgan fingerprint density at radius 3 is 2.33 bits per heavy atom. The first-order chi connectivity index (χ1) is 7.15. The lowest BCUT2D eigenvalue weighted by molar-refractivity contribution is -0.150. The molecule has 0 saturated heterocycles. The normalized spacial score (nSPS) is 11.8. The number of amides is 1. The smallest absolute Gasteiger partial charge is 0.316 e. The van der Waals surface area contributed by atoms with Crippen LogP contribution in [0.25, 0.3) is 0 Å². The number of carboxylic acid groups (broad SMARTS) is 1. The van der Waals surface area contributed by atoms with Crippen LogP contribution < -0.4 is 5.48 Å². The van der Waals surface area contributed by atoms with E-state index in [0.29, 0.717) is 0 Å². The van der Waals surface area contributed by atoms with E-state index in [9.17, 15) is 9.59 Å². The van der Waals surface area contributed by atoms with Gasteiger partial charge in [-0.1, -0.05) is 30.3 Å². The Kier molecular flexibility index (Phi) is 3.82. The van der Waals surface area contributed by atoms with Crippen molar-refractivity contribution in [3.8, 4) is 0 Å². The number of carboxylic acids is 1. The van der Waals surface area contributed by atoms with Crippen LogP contribution in [0.2, 0.25) is 0 Å². The van der Waals surface area contributed by atoms with Gasteiger partial charge in [-0.2, -0.15) is 0 Å². The Morgan fingerprint density at radius 1 is 1.27 bits per heavy atom. The van der Waals surface area contributed by atoms with Crippen molar-refractivity contribution in [3.63, 3.8) is 0 Å². The zero-order valence-corrected chi connectivity index (χ0v) is 7.88. The third kappa shape index (κ3) is 3.07. The lowest BCUT2D eigenvalue weighted by Crippen LogP contribution is -2.34. The summed E-state index contributed by atoms with van der Waals surface area (Å²) in [5.74, 6) is -3.44. The molecule has 0 fully saturated rings. The highest BCUT2D eigenvalue weighted by atomic mass is 16.5. The second-order valence-corrected chi connectivity index (χ2v) is 3.06. The quantitative estimate of drug-likeness (QED) is 0.381. The molecule has 15 heavy (non-hydrogen) atoms. The molecule has 1 aromatic carbocycles. The topological polar surface area (TPSA) is 86.6 Å². The van der Waals surface area contributed by atoms with Crippen molar-refractivity contribution in [2.45, 2.75) is 6.42 Å². The zero-order valence-electron chi connectivity index (χ0n) is 7.88. The molecular formula is C10H11NO4. The van der Waals surface area contributed by atoms with Crippen molar-refractivity contribution in [2.24, 2.45) is 5.92 Å². The molecule has 0 radical (unpaired) electrons. The molecule has 5 nitrogen and oxygen atoms in total. The number of aliphatic carboxylic acids is 1. The number of carbonyl (C=O) groups excluding carboxylic acids is 1. The highest BCUT2D eigenvalue weighted by Crippen LogP contribution is 2.09. The average molecular weight is 209 g/mol. The SMILES string of the molecule is O=C(O)C(Cc1ccccc1)C(=O)NO. The first-order valence-corrected chi connectivity index (χ1v) is 4.36. The molecule has 5 heteroatoms. The van der Waals surface area contributed by atoms with Crippen molar-refractivity contribution in [1.82, 2.24) is 5.48 Å². The Morgan fingerprint density at radius 2 is 1.87 bits per heavy atom. The monoisotopic (exact) mass is 209 g/mol. The molecule has 0 spiro atoms. The van der Waals surface area contributed by atoms with Crippen LogP contribution in [-0.2, 0) is 16.0 Å². The minimum Gasteiger partial charge on any atom is -0.481 e. The summed E-state index contributed by atoms with van der Waals surface area (Å²) in [7, 11) is 0. The third-order valence-corrected chi connectivity index (χ3v) is 2.01. The predicted molar refractivity (Wildman–Crippen MR) is 51.2 cm³/mol. The predicted octanol–water partition coefficient (Wildman–Crippen LogP) is 0.435. The summed E-state index contributed by atoms with van der Waals surface area (Å²) in [6.45, 7) is 0. The first-order valence-electron chi connectivity index (χ1n) is 4.36. The summed E-state index contributed by atoms with van der Waals surface area (Å²) in [5.41, 5.74) is 2.08. The molecule has 1 rings (SSSR count). The fourth-order valence-electron chi connectivity index (χ4n) is 1.22. The molecule has 1 amide bonds. The molecule has 0 aromatic heterocycles. The summed E-state index contributed by atoms with van der Waals surface area (Å²) in [4.78, 5) is 21.7. The third-order valence-electron chi connectivity index (χ3n) is 2.01. The Balaban J connectivity index is 2.76. The van der Waals surface area contributed by atoms with E-state index in [0.717, 1.165) is 5.56 Å². The molecule has 0 aliphatic rings. The van der Waals surface area contributed by atoms with Crippen LogP contribution in [0.5, 0.6) is 0 Å². The molecule has 0 saturated carbocycles. The number of carbonyl (C=O) groups is 2. The summed E-state index contributed by atoms with van der Waals surface area (Å²) < 4.78 is 0. The molecule has 0 aliphatic heterocycles. The number of benzene rings is 1. The van der Waals surface area contributed by atoms with Gasteiger partial charge in [0.25, 0.3) is 5.91 Å². The molecule has 1 aromatic rings. The Labute approximate surface area is 86.3 Å². The van der Waals surface area contributed by atoms with Gasteiger partial charge in [0.05, 0.1) is 0 Å². The van der Waals surface area contributed by atoms with E-state index in [4.69, 9.17) is 10.3 Å². The maximum absolute atomic E-state index is 11.0. The Bertz CT molecular complexity index is 350. The number of nitrogens with one attached hydrogen (secondary N) is 1. The molecule has 0 heterocycles. The molecular weight excluding hydrogens is 198 g/mol. The van der Waals surface area contributed by atoms with Gasteiger partial charge in [-0.15, -0.1) is 0 Å². The van der Waals surface area contributed by atoms with Crippen LogP contribution in [0.15, 0.2) is 30.3 Å². The van der Waals surface area contributed by atoms with Gasteiger partial charge in [0.15, 0.2) is 0 Å². The van der Waals surface area contributed by atoms with Gasteiger partial charge >= 0.3 is 5.97 Å². The van der Waals surface area contributed by atoms with Gasteiger partial charge in [0.1, 0.15) is 5.92 Å². The highest BCUT2D eigenvalue weighted by molar-refractivity contribution is 5.96. The maximum Gasteiger partial charge on any atom is 0.316 e. The lowest BCUT2D eigenvalue weighted by Gasteiger charge is -2.09. The first kappa shape index (κ1) is 11.2. The van der Waals surface area contributed by atoms with Crippen molar-refractivity contribution >= 4 is 11.9 Å². The van der Waals surface area contributed by atoms with Gasteiger partial charge < -0.3 is 5.11 Å². The van der Waals surface area contributed by atoms with E-state index in [1.807, 2.05) is 0 Å². The van der Waals surface area contributed by atoms with Crippen LogP contribution in [0.1, 0.15) is 5.56 Å². The minimum atomic E-state index is -1.27. The summed E-state index contributed by atoms with van der Waals surface area (Å²) >= 11 is 0. The molecule has 0 aliphatic carbocycles. The minimum absolute atomic E-state index is 0.0581. The van der Waals surface area contributed by atoms with Crippen LogP contribution in [0.3, 0.4) is 0 Å². The van der Waals surface area contributed by atoms with E-state index in [-0.39, 0.29) is 6.42 Å². The van der Waals surface area contributed by atoms with Crippen LogP contribution >= 0.6 is 0 Å². The fourth-order valence-corrected chi connectivity index (χ4v) is 1.22. The van der Waals surface area contributed by atoms with E-state index in [1.165, 1.54) is 5.48 Å². The number of hydrogen-bond acceptors (Lipinski definition) is 3. The van der Waals surface area contributed by atoms with Crippen molar-refractivity contribution in [1.29, 1.82) is 0 Å². The van der Waals surface area contributed by atoms with Crippen molar-refractivity contribution in [2.75, 3.05) is 0 Å². The Hall–Kier alpha value is -1.88. The molecule has 3 N–H and O–H groups in total.